The maximum atomic E-state index is 11.8. The summed E-state index contributed by atoms with van der Waals surface area (Å²) in [6.45, 7) is 0.643. The van der Waals surface area contributed by atoms with Gasteiger partial charge in [-0.15, -0.1) is 0 Å². The van der Waals surface area contributed by atoms with Crippen LogP contribution in [0.4, 0.5) is 4.79 Å². The molecule has 2 atom stereocenters. The normalized spacial score (nSPS) is 31.1. The average molecular weight is 280 g/mol. The predicted octanol–water partition coefficient (Wildman–Crippen LogP) is 1.78. The van der Waals surface area contributed by atoms with Crippen molar-refractivity contribution >= 4 is 33.5 Å². The maximum Gasteiger partial charge on any atom is 0.349 e. The highest BCUT2D eigenvalue weighted by Crippen LogP contribution is 2.25. The summed E-state index contributed by atoms with van der Waals surface area (Å²) in [7, 11) is 0. The van der Waals surface area contributed by atoms with Gasteiger partial charge in [-0.25, -0.2) is 4.79 Å². The number of aliphatic imine (C=N–C) groups is 2. The number of alkyl halides is 1. The average Bonchev–Trinajstić information content (AvgIpc) is 2.74. The van der Waals surface area contributed by atoms with E-state index in [0.29, 0.717) is 6.54 Å². The van der Waals surface area contributed by atoms with Gasteiger partial charge < -0.3 is 0 Å². The predicted molar refractivity (Wildman–Crippen MR) is 66.3 cm³/mol. The monoisotopic (exact) mass is 279 g/mol. The largest absolute Gasteiger partial charge is 0.349 e. The molecule has 0 saturated heterocycles. The summed E-state index contributed by atoms with van der Waals surface area (Å²) in [5.74, 6) is 0.909. The van der Waals surface area contributed by atoms with Crippen LogP contribution in [0.3, 0.4) is 0 Å². The van der Waals surface area contributed by atoms with Crippen molar-refractivity contribution in [1.82, 2.24) is 4.90 Å². The third-order valence-corrected chi connectivity index (χ3v) is 3.64. The molecule has 0 aromatic heterocycles. The minimum atomic E-state index is -0.187. The molecule has 0 aromatic carbocycles. The third-order valence-electron chi connectivity index (χ3n) is 2.90. The van der Waals surface area contributed by atoms with E-state index >= 15 is 0 Å². The Kier molecular flexibility index (Phi) is 2.28. The Labute approximate surface area is 102 Å². The van der Waals surface area contributed by atoms with Crippen LogP contribution in [-0.2, 0) is 0 Å². The zero-order valence-electron chi connectivity index (χ0n) is 8.51. The smallest absolute Gasteiger partial charge is 0.277 e. The number of allylic oxidation sites excluding steroid dienone is 3. The zero-order chi connectivity index (χ0) is 11.1. The Morgan fingerprint density at radius 3 is 3.19 bits per heavy atom. The van der Waals surface area contributed by atoms with E-state index in [4.69, 9.17) is 0 Å². The SMILES string of the molecule is O=C1N=C2C=CC=CC2C2=NC(CBr)CN12. The van der Waals surface area contributed by atoms with Crippen LogP contribution < -0.4 is 0 Å². The fourth-order valence-corrected chi connectivity index (χ4v) is 2.49. The van der Waals surface area contributed by atoms with E-state index < -0.39 is 0 Å². The van der Waals surface area contributed by atoms with Crippen molar-refractivity contribution in [2.75, 3.05) is 11.9 Å². The minimum absolute atomic E-state index is 0.0618. The molecule has 2 heterocycles. The Morgan fingerprint density at radius 2 is 2.38 bits per heavy atom. The fraction of sp³-hybridized carbons (Fsp3) is 0.364. The van der Waals surface area contributed by atoms with Gasteiger partial charge in [0.1, 0.15) is 5.84 Å². The van der Waals surface area contributed by atoms with Gasteiger partial charge in [-0.3, -0.25) is 9.89 Å². The Hall–Kier alpha value is -1.23. The first-order chi connectivity index (χ1) is 7.79. The number of amidine groups is 1. The number of hydrogen-bond acceptors (Lipinski definition) is 2. The van der Waals surface area contributed by atoms with Gasteiger partial charge in [-0.2, -0.15) is 4.99 Å². The highest BCUT2D eigenvalue weighted by molar-refractivity contribution is 9.09. The van der Waals surface area contributed by atoms with Crippen molar-refractivity contribution in [1.29, 1.82) is 0 Å². The second-order valence-corrected chi connectivity index (χ2v) is 4.59. The van der Waals surface area contributed by atoms with Gasteiger partial charge in [-0.05, 0) is 6.08 Å². The van der Waals surface area contributed by atoms with Crippen LogP contribution in [0.5, 0.6) is 0 Å². The third kappa shape index (κ3) is 1.38. The summed E-state index contributed by atoms with van der Waals surface area (Å²) in [6, 6.07) is -0.0267. The molecule has 0 N–H and O–H groups in total. The molecule has 0 aromatic rings. The second-order valence-electron chi connectivity index (χ2n) is 3.95. The van der Waals surface area contributed by atoms with Crippen LogP contribution in [0.25, 0.3) is 0 Å². The molecule has 4 nitrogen and oxygen atoms in total. The molecular formula is C11H10BrN3O. The van der Waals surface area contributed by atoms with Gasteiger partial charge in [0.25, 0.3) is 0 Å². The van der Waals surface area contributed by atoms with Gasteiger partial charge in [0.05, 0.1) is 24.2 Å². The van der Waals surface area contributed by atoms with Gasteiger partial charge in [0.2, 0.25) is 0 Å². The molecule has 2 unspecified atom stereocenters. The minimum Gasteiger partial charge on any atom is -0.277 e. The Balaban J connectivity index is 2.03. The topological polar surface area (TPSA) is 45.0 Å². The molecule has 0 radical (unpaired) electrons. The number of urea groups is 1. The van der Waals surface area contributed by atoms with Crippen LogP contribution >= 0.6 is 15.9 Å². The molecule has 0 bridgehead atoms. The molecule has 0 fully saturated rings. The fourth-order valence-electron chi connectivity index (χ4n) is 2.14. The van der Waals surface area contributed by atoms with E-state index in [9.17, 15) is 4.79 Å². The van der Waals surface area contributed by atoms with E-state index in [2.05, 4.69) is 25.9 Å². The lowest BCUT2D eigenvalue weighted by Crippen LogP contribution is -2.44. The van der Waals surface area contributed by atoms with Crippen LogP contribution in [0.15, 0.2) is 34.3 Å². The Bertz CT molecular complexity index is 464. The van der Waals surface area contributed by atoms with Crippen LogP contribution in [0, 0.1) is 5.92 Å². The molecule has 5 heteroatoms. The number of carbonyl (C=O) groups is 1. The van der Waals surface area contributed by atoms with E-state index in [0.717, 1.165) is 16.9 Å². The summed E-state index contributed by atoms with van der Waals surface area (Å²) in [4.78, 5) is 22.1. The molecule has 1 aliphatic carbocycles. The highest BCUT2D eigenvalue weighted by atomic mass is 79.9. The number of halogens is 1. The lowest BCUT2D eigenvalue weighted by atomic mass is 9.95. The van der Waals surface area contributed by atoms with Crippen LogP contribution in [0.1, 0.15) is 0 Å². The molecule has 0 saturated carbocycles. The van der Waals surface area contributed by atoms with Crippen molar-refractivity contribution in [2.24, 2.45) is 15.9 Å². The molecular weight excluding hydrogens is 270 g/mol. The van der Waals surface area contributed by atoms with Gasteiger partial charge in [-0.1, -0.05) is 34.2 Å². The standard InChI is InChI=1S/C11H10BrN3O/c12-5-7-6-15-10(13-7)8-3-1-2-4-9(8)14-11(15)16/h1-4,7-8H,5-6H2. The van der Waals surface area contributed by atoms with E-state index in [-0.39, 0.29) is 18.0 Å². The van der Waals surface area contributed by atoms with E-state index in [1.54, 1.807) is 4.90 Å². The van der Waals surface area contributed by atoms with Crippen LogP contribution in [-0.4, -0.2) is 40.4 Å². The van der Waals surface area contributed by atoms with E-state index in [1.165, 1.54) is 0 Å². The number of rotatable bonds is 1. The summed E-state index contributed by atoms with van der Waals surface area (Å²) < 4.78 is 0. The number of amides is 2. The Morgan fingerprint density at radius 1 is 1.50 bits per heavy atom. The zero-order valence-corrected chi connectivity index (χ0v) is 10.1. The molecule has 3 rings (SSSR count). The van der Waals surface area contributed by atoms with Crippen molar-refractivity contribution < 1.29 is 4.79 Å². The number of nitrogens with zero attached hydrogens (tertiary/aromatic N) is 3. The lowest BCUT2D eigenvalue weighted by molar-refractivity contribution is 0.230. The number of hydrogen-bond donors (Lipinski definition) is 0. The van der Waals surface area contributed by atoms with Crippen molar-refractivity contribution in [3.05, 3.63) is 24.3 Å². The summed E-state index contributed by atoms with van der Waals surface area (Å²) >= 11 is 3.40. The van der Waals surface area contributed by atoms with Crippen molar-refractivity contribution in [3.63, 3.8) is 0 Å². The molecule has 3 aliphatic rings. The molecule has 16 heavy (non-hydrogen) atoms. The first kappa shape index (κ1) is 9.96. The number of carbonyl (C=O) groups excluding carboxylic acids is 1. The molecule has 82 valence electrons. The molecule has 0 spiro atoms. The van der Waals surface area contributed by atoms with Crippen LogP contribution in [0.2, 0.25) is 0 Å². The summed E-state index contributed by atoms with van der Waals surface area (Å²) in [5, 5.41) is 0.780. The molecule has 2 amide bonds. The van der Waals surface area contributed by atoms with Crippen molar-refractivity contribution in [2.45, 2.75) is 6.04 Å². The number of fused-ring (bicyclic) bond motifs is 3. The second kappa shape index (κ2) is 3.66. The molecule has 2 aliphatic heterocycles. The van der Waals surface area contributed by atoms with Crippen molar-refractivity contribution in [3.8, 4) is 0 Å². The lowest BCUT2D eigenvalue weighted by Gasteiger charge is -2.27. The first-order valence-corrected chi connectivity index (χ1v) is 6.30. The summed E-state index contributed by atoms with van der Waals surface area (Å²) in [5.41, 5.74) is 0.803. The first-order valence-electron chi connectivity index (χ1n) is 5.18. The highest BCUT2D eigenvalue weighted by Gasteiger charge is 2.38. The van der Waals surface area contributed by atoms with Gasteiger partial charge in [0.15, 0.2) is 0 Å². The maximum absolute atomic E-state index is 11.8. The van der Waals surface area contributed by atoms with Gasteiger partial charge >= 0.3 is 6.03 Å². The summed E-state index contributed by atoms with van der Waals surface area (Å²) in [6.07, 6.45) is 7.79. The quantitative estimate of drug-likeness (QED) is 0.675. The van der Waals surface area contributed by atoms with Gasteiger partial charge in [0, 0.05) is 5.33 Å². The van der Waals surface area contributed by atoms with E-state index in [1.807, 2.05) is 24.3 Å².